The van der Waals surface area contributed by atoms with Gasteiger partial charge in [-0.2, -0.15) is 20.3 Å². The van der Waals surface area contributed by atoms with Crippen molar-refractivity contribution in [2.75, 3.05) is 26.1 Å². The summed E-state index contributed by atoms with van der Waals surface area (Å²) in [6.45, 7) is 4.43. The molecule has 220 valence electrons. The lowest BCUT2D eigenvalue weighted by Gasteiger charge is -2.26. The van der Waals surface area contributed by atoms with E-state index in [0.29, 0.717) is 6.61 Å². The Morgan fingerprint density at radius 3 is 2.80 bits per heavy atom. The van der Waals surface area contributed by atoms with E-state index < -0.39 is 50.2 Å². The van der Waals surface area contributed by atoms with Crippen molar-refractivity contribution < 1.29 is 37.7 Å². The maximum atomic E-state index is 13.8. The van der Waals surface area contributed by atoms with Crippen molar-refractivity contribution in [3.05, 3.63) is 35.6 Å². The van der Waals surface area contributed by atoms with Gasteiger partial charge in [0.05, 0.1) is 37.7 Å². The summed E-state index contributed by atoms with van der Waals surface area (Å²) >= 11 is 6.17. The number of fused-ring (bicyclic) bond motifs is 1. The van der Waals surface area contributed by atoms with E-state index in [2.05, 4.69) is 26.1 Å². The van der Waals surface area contributed by atoms with E-state index in [0.717, 1.165) is 0 Å². The molecular weight excluding hydrogens is 581 g/mol. The Kier molecular flexibility index (Phi) is 9.03. The van der Waals surface area contributed by atoms with Crippen LogP contribution in [0, 0.1) is 16.7 Å². The standard InChI is InChI=1S/C24H29ClN7O8P/c1-5-37-20-17-19(29-23(27)30-20)32(12-28-17)22-24(3,11-26)18(33)16(39-22)10-38-41(35,31-13(2)21(34)36-4)40-15-9-7-6-8-14(15)25/h6-9,12-13,16,18,22,33H,5,10H2,1-4H3,(H,31,35)(H2,27,29,30)/t13-,16+,18+,22+,24+,41?/m0/s1. The van der Waals surface area contributed by atoms with Crippen LogP contribution in [0.3, 0.4) is 0 Å². The number of aliphatic hydroxyl groups excluding tert-OH is 1. The second-order valence-corrected chi connectivity index (χ2v) is 11.3. The van der Waals surface area contributed by atoms with Crippen LogP contribution >= 0.6 is 19.3 Å². The van der Waals surface area contributed by atoms with E-state index in [-0.39, 0.29) is 33.8 Å². The smallest absolute Gasteiger partial charge is 0.459 e. The molecule has 17 heteroatoms. The molecule has 0 amide bonds. The number of para-hydroxylation sites is 1. The zero-order valence-electron chi connectivity index (χ0n) is 22.6. The van der Waals surface area contributed by atoms with Gasteiger partial charge in [0.15, 0.2) is 17.4 Å². The molecule has 1 aromatic carbocycles. The van der Waals surface area contributed by atoms with Gasteiger partial charge >= 0.3 is 13.7 Å². The number of methoxy groups -OCH3 is 1. The van der Waals surface area contributed by atoms with Crippen molar-refractivity contribution >= 4 is 42.4 Å². The molecule has 6 atom stereocenters. The molecule has 3 aromatic rings. The number of nitrogen functional groups attached to an aromatic ring is 1. The second kappa shape index (κ2) is 12.2. The predicted molar refractivity (Wildman–Crippen MR) is 145 cm³/mol. The summed E-state index contributed by atoms with van der Waals surface area (Å²) in [6, 6.07) is 7.21. The number of anilines is 1. The molecule has 2 aromatic heterocycles. The Balaban J connectivity index is 1.63. The van der Waals surface area contributed by atoms with Gasteiger partial charge in [-0.15, -0.1) is 0 Å². The number of benzene rings is 1. The fourth-order valence-electron chi connectivity index (χ4n) is 4.21. The van der Waals surface area contributed by atoms with Crippen LogP contribution in [0.25, 0.3) is 11.2 Å². The molecular formula is C24H29ClN7O8P. The number of esters is 1. The monoisotopic (exact) mass is 609 g/mol. The molecule has 3 heterocycles. The number of carbonyl (C=O) groups excluding carboxylic acids is 1. The lowest BCUT2D eigenvalue weighted by atomic mass is 9.84. The van der Waals surface area contributed by atoms with E-state index in [4.69, 9.17) is 40.6 Å². The summed E-state index contributed by atoms with van der Waals surface area (Å²) in [5.74, 6) is -0.662. The molecule has 1 unspecified atom stereocenters. The first kappa shape index (κ1) is 30.4. The molecule has 0 radical (unpaired) electrons. The molecule has 0 bridgehead atoms. The van der Waals surface area contributed by atoms with Gasteiger partial charge in [0, 0.05) is 0 Å². The summed E-state index contributed by atoms with van der Waals surface area (Å²) < 4.78 is 42.7. The van der Waals surface area contributed by atoms with Gasteiger partial charge in [-0.05, 0) is 32.9 Å². The van der Waals surface area contributed by atoms with Crippen LogP contribution < -0.4 is 20.1 Å². The number of nitriles is 1. The number of rotatable bonds is 11. The van der Waals surface area contributed by atoms with Crippen LogP contribution in [0.1, 0.15) is 27.0 Å². The predicted octanol–water partition coefficient (Wildman–Crippen LogP) is 2.60. The van der Waals surface area contributed by atoms with Gasteiger partial charge in [0.1, 0.15) is 29.4 Å². The van der Waals surface area contributed by atoms with Crippen LogP contribution in [0.5, 0.6) is 11.6 Å². The van der Waals surface area contributed by atoms with Gasteiger partial charge in [0.2, 0.25) is 11.8 Å². The molecule has 1 fully saturated rings. The van der Waals surface area contributed by atoms with Crippen molar-refractivity contribution in [3.8, 4) is 17.7 Å². The number of carbonyl (C=O) groups is 1. The molecule has 1 saturated heterocycles. The molecule has 0 spiro atoms. The van der Waals surface area contributed by atoms with Crippen LogP contribution in [-0.2, 0) is 23.4 Å². The number of aliphatic hydroxyl groups is 1. The van der Waals surface area contributed by atoms with Gasteiger partial charge in [0.25, 0.3) is 0 Å². The first-order valence-electron chi connectivity index (χ1n) is 12.4. The largest absolute Gasteiger partial charge is 0.476 e. The minimum atomic E-state index is -4.34. The fraction of sp³-hybridized carbons (Fsp3) is 0.458. The van der Waals surface area contributed by atoms with Crippen molar-refractivity contribution in [1.29, 1.82) is 5.26 Å². The number of imidazole rings is 1. The quantitative estimate of drug-likeness (QED) is 0.211. The number of nitrogens with two attached hydrogens (primary N) is 1. The minimum absolute atomic E-state index is 0.0157. The summed E-state index contributed by atoms with van der Waals surface area (Å²) in [6.07, 6.45) is -2.39. The number of hydrogen-bond acceptors (Lipinski definition) is 13. The Hall–Kier alpha value is -3.51. The Bertz CT molecular complexity index is 1520. The molecule has 1 aliphatic heterocycles. The van der Waals surface area contributed by atoms with Crippen molar-refractivity contribution in [2.45, 2.75) is 45.2 Å². The lowest BCUT2D eigenvalue weighted by molar-refractivity contribution is -0.142. The van der Waals surface area contributed by atoms with Gasteiger partial charge in [-0.25, -0.2) is 9.55 Å². The third-order valence-electron chi connectivity index (χ3n) is 6.34. The summed E-state index contributed by atoms with van der Waals surface area (Å²) in [5.41, 5.74) is 4.80. The highest BCUT2D eigenvalue weighted by Crippen LogP contribution is 2.50. The Labute approximate surface area is 240 Å². The first-order chi connectivity index (χ1) is 19.5. The third kappa shape index (κ3) is 6.08. The van der Waals surface area contributed by atoms with Crippen LogP contribution in [0.4, 0.5) is 5.95 Å². The van der Waals surface area contributed by atoms with E-state index >= 15 is 0 Å². The highest BCUT2D eigenvalue weighted by Gasteiger charge is 2.56. The molecule has 0 aliphatic carbocycles. The highest BCUT2D eigenvalue weighted by atomic mass is 35.5. The van der Waals surface area contributed by atoms with Gasteiger partial charge in [-0.1, -0.05) is 23.7 Å². The number of nitrogens with one attached hydrogen (secondary N) is 1. The topological polar surface area (TPSA) is 206 Å². The SMILES string of the molecule is CCOc1nc(N)nc2c1ncn2[C@@H]1O[C@H](COP(=O)(N[C@@H](C)C(=O)OC)Oc2ccccc2Cl)[C@@H](O)[C@@]1(C)C#N. The van der Waals surface area contributed by atoms with Crippen molar-refractivity contribution in [3.63, 3.8) is 0 Å². The highest BCUT2D eigenvalue weighted by molar-refractivity contribution is 7.52. The number of ether oxygens (including phenoxy) is 3. The molecule has 1 aliphatic rings. The summed E-state index contributed by atoms with van der Waals surface area (Å²) in [4.78, 5) is 24.6. The fourth-order valence-corrected chi connectivity index (χ4v) is 5.96. The zero-order chi connectivity index (χ0) is 29.9. The normalized spacial score (nSPS) is 24.4. The van der Waals surface area contributed by atoms with Crippen molar-refractivity contribution in [1.82, 2.24) is 24.6 Å². The molecule has 4 rings (SSSR count). The van der Waals surface area contributed by atoms with E-state index in [1.807, 2.05) is 0 Å². The molecule has 0 saturated carbocycles. The number of halogens is 1. The summed E-state index contributed by atoms with van der Waals surface area (Å²) in [7, 11) is -3.17. The third-order valence-corrected chi connectivity index (χ3v) is 8.28. The van der Waals surface area contributed by atoms with E-state index in [9.17, 15) is 19.7 Å². The summed E-state index contributed by atoms with van der Waals surface area (Å²) in [5, 5.41) is 23.9. The van der Waals surface area contributed by atoms with Gasteiger partial charge in [-0.3, -0.25) is 13.9 Å². The first-order valence-corrected chi connectivity index (χ1v) is 14.3. The Morgan fingerprint density at radius 2 is 2.15 bits per heavy atom. The maximum absolute atomic E-state index is 13.8. The minimum Gasteiger partial charge on any atom is -0.476 e. The number of nitrogens with zero attached hydrogens (tertiary/aromatic N) is 5. The zero-order valence-corrected chi connectivity index (χ0v) is 24.2. The number of aromatic nitrogens is 4. The lowest BCUT2D eigenvalue weighted by Crippen LogP contribution is -2.38. The van der Waals surface area contributed by atoms with Crippen molar-refractivity contribution in [2.24, 2.45) is 5.41 Å². The number of hydrogen-bond donors (Lipinski definition) is 3. The molecule has 15 nitrogen and oxygen atoms in total. The second-order valence-electron chi connectivity index (χ2n) is 9.20. The maximum Gasteiger partial charge on any atom is 0.459 e. The van der Waals surface area contributed by atoms with E-state index in [1.165, 1.54) is 44.0 Å². The molecule has 4 N–H and O–H groups in total. The average molecular weight is 610 g/mol. The molecule has 41 heavy (non-hydrogen) atoms. The van der Waals surface area contributed by atoms with Gasteiger partial charge < -0.3 is 29.6 Å². The van der Waals surface area contributed by atoms with Crippen LogP contribution in [0.2, 0.25) is 5.02 Å². The van der Waals surface area contributed by atoms with Crippen LogP contribution in [-0.4, -0.2) is 69.2 Å². The van der Waals surface area contributed by atoms with Crippen LogP contribution in [0.15, 0.2) is 30.6 Å². The Morgan fingerprint density at radius 1 is 1.41 bits per heavy atom. The average Bonchev–Trinajstić information content (AvgIpc) is 3.47. The van der Waals surface area contributed by atoms with E-state index in [1.54, 1.807) is 19.1 Å².